The molecule has 1 N–H and O–H groups in total. The van der Waals surface area contributed by atoms with E-state index < -0.39 is 0 Å². The maximum Gasteiger partial charge on any atom is 0.0625 e. The first kappa shape index (κ1) is 14.2. The topological polar surface area (TPSA) is 29.9 Å². The number of aromatic nitrogens is 2. The minimum absolute atomic E-state index is 0.505. The number of hydrogen-bond acceptors (Lipinski definition) is 2. The second-order valence-corrected chi connectivity index (χ2v) is 4.98. The fourth-order valence-electron chi connectivity index (χ4n) is 2.12. The Bertz CT molecular complexity index is 341. The van der Waals surface area contributed by atoms with Gasteiger partial charge in [-0.3, -0.25) is 4.68 Å². The minimum Gasteiger partial charge on any atom is -0.317 e. The molecule has 1 heterocycles. The van der Waals surface area contributed by atoms with Crippen LogP contribution in [0.25, 0.3) is 0 Å². The predicted octanol–water partition coefficient (Wildman–Crippen LogP) is 3.15. The summed E-state index contributed by atoms with van der Waals surface area (Å²) in [6.07, 6.45) is 3.63. The van der Waals surface area contributed by atoms with E-state index in [1.54, 1.807) is 0 Å². The summed E-state index contributed by atoms with van der Waals surface area (Å²) in [4.78, 5) is 0. The van der Waals surface area contributed by atoms with E-state index >= 15 is 0 Å². The highest BCUT2D eigenvalue weighted by atomic mass is 15.3. The zero-order valence-electron chi connectivity index (χ0n) is 12.0. The normalized spacial score (nSPS) is 13.0. The molecular weight excluding hydrogens is 210 g/mol. The van der Waals surface area contributed by atoms with Gasteiger partial charge in [0.25, 0.3) is 0 Å². The largest absolute Gasteiger partial charge is 0.317 e. The summed E-state index contributed by atoms with van der Waals surface area (Å²) in [7, 11) is 0. The number of hydrogen-bond donors (Lipinski definition) is 1. The van der Waals surface area contributed by atoms with Crippen molar-refractivity contribution in [3.63, 3.8) is 0 Å². The van der Waals surface area contributed by atoms with E-state index in [1.165, 1.54) is 36.2 Å². The van der Waals surface area contributed by atoms with Crippen LogP contribution in [-0.2, 0) is 0 Å². The van der Waals surface area contributed by atoms with Crippen LogP contribution >= 0.6 is 0 Å². The van der Waals surface area contributed by atoms with E-state index in [-0.39, 0.29) is 0 Å². The van der Waals surface area contributed by atoms with Gasteiger partial charge in [-0.05, 0) is 65.6 Å². The maximum atomic E-state index is 4.62. The zero-order chi connectivity index (χ0) is 12.8. The molecule has 0 aliphatic heterocycles. The van der Waals surface area contributed by atoms with Crippen LogP contribution < -0.4 is 5.32 Å². The van der Waals surface area contributed by atoms with Crippen molar-refractivity contribution in [3.8, 4) is 0 Å². The average Bonchev–Trinajstić information content (AvgIpc) is 2.56. The van der Waals surface area contributed by atoms with E-state index in [0.717, 1.165) is 13.1 Å². The Morgan fingerprint density at radius 2 is 1.94 bits per heavy atom. The Hall–Kier alpha value is -0.830. The van der Waals surface area contributed by atoms with Crippen molar-refractivity contribution in [2.45, 2.75) is 59.9 Å². The van der Waals surface area contributed by atoms with E-state index in [1.807, 2.05) is 0 Å². The molecule has 98 valence electrons. The van der Waals surface area contributed by atoms with Crippen molar-refractivity contribution in [2.75, 3.05) is 13.1 Å². The fourth-order valence-corrected chi connectivity index (χ4v) is 2.12. The van der Waals surface area contributed by atoms with Crippen LogP contribution in [-0.4, -0.2) is 22.9 Å². The lowest BCUT2D eigenvalue weighted by Gasteiger charge is -2.14. The molecule has 0 amide bonds. The summed E-state index contributed by atoms with van der Waals surface area (Å²) in [5.41, 5.74) is 3.82. The quantitative estimate of drug-likeness (QED) is 0.738. The summed E-state index contributed by atoms with van der Waals surface area (Å²) >= 11 is 0. The molecular formula is C14H27N3. The predicted molar refractivity (Wildman–Crippen MR) is 73.5 cm³/mol. The van der Waals surface area contributed by atoms with Crippen molar-refractivity contribution in [2.24, 2.45) is 0 Å². The molecule has 0 saturated carbocycles. The van der Waals surface area contributed by atoms with Crippen molar-refractivity contribution >= 4 is 0 Å². The van der Waals surface area contributed by atoms with E-state index in [9.17, 15) is 0 Å². The van der Waals surface area contributed by atoms with Crippen LogP contribution in [0, 0.1) is 20.8 Å². The first-order chi connectivity index (χ1) is 8.07. The van der Waals surface area contributed by atoms with Crippen LogP contribution in [0.4, 0.5) is 0 Å². The summed E-state index contributed by atoms with van der Waals surface area (Å²) in [5.74, 6) is 0. The monoisotopic (exact) mass is 237 g/mol. The molecule has 1 unspecified atom stereocenters. The first-order valence-corrected chi connectivity index (χ1v) is 6.81. The fraction of sp³-hybridized carbons (Fsp3) is 0.786. The SMILES string of the molecule is CCCNCCCC(C)n1nc(C)c(C)c1C. The van der Waals surface area contributed by atoms with Gasteiger partial charge in [-0.2, -0.15) is 5.10 Å². The van der Waals surface area contributed by atoms with Crippen LogP contribution in [0.15, 0.2) is 0 Å². The molecule has 0 aliphatic rings. The van der Waals surface area contributed by atoms with Crippen molar-refractivity contribution in [1.82, 2.24) is 15.1 Å². The second kappa shape index (κ2) is 6.80. The third-order valence-corrected chi connectivity index (χ3v) is 3.51. The van der Waals surface area contributed by atoms with Crippen LogP contribution in [0.5, 0.6) is 0 Å². The number of aryl methyl sites for hydroxylation is 1. The highest BCUT2D eigenvalue weighted by Gasteiger charge is 2.12. The summed E-state index contributed by atoms with van der Waals surface area (Å²) in [6, 6.07) is 0.505. The van der Waals surface area contributed by atoms with Gasteiger partial charge in [0, 0.05) is 11.7 Å². The molecule has 3 nitrogen and oxygen atoms in total. The smallest absolute Gasteiger partial charge is 0.0625 e. The summed E-state index contributed by atoms with van der Waals surface area (Å²) < 4.78 is 2.19. The van der Waals surface area contributed by atoms with Crippen LogP contribution in [0.2, 0.25) is 0 Å². The molecule has 1 atom stereocenters. The first-order valence-electron chi connectivity index (χ1n) is 6.81. The standard InChI is InChI=1S/C14H27N3/c1-6-9-15-10-7-8-11(2)17-14(5)12(3)13(4)16-17/h11,15H,6-10H2,1-5H3. The highest BCUT2D eigenvalue weighted by Crippen LogP contribution is 2.19. The van der Waals surface area contributed by atoms with Gasteiger partial charge in [0.1, 0.15) is 0 Å². The lowest BCUT2D eigenvalue weighted by atomic mass is 10.1. The van der Waals surface area contributed by atoms with Gasteiger partial charge in [-0.15, -0.1) is 0 Å². The molecule has 0 bridgehead atoms. The lowest BCUT2D eigenvalue weighted by Crippen LogP contribution is -2.17. The van der Waals surface area contributed by atoms with Gasteiger partial charge >= 0.3 is 0 Å². The summed E-state index contributed by atoms with van der Waals surface area (Å²) in [6.45, 7) is 13.1. The maximum absolute atomic E-state index is 4.62. The third kappa shape index (κ3) is 3.84. The molecule has 0 spiro atoms. The molecule has 1 aromatic heterocycles. The minimum atomic E-state index is 0.505. The van der Waals surface area contributed by atoms with Gasteiger partial charge in [-0.1, -0.05) is 6.92 Å². The van der Waals surface area contributed by atoms with Gasteiger partial charge in [-0.25, -0.2) is 0 Å². The van der Waals surface area contributed by atoms with Crippen molar-refractivity contribution in [3.05, 3.63) is 17.0 Å². The zero-order valence-corrected chi connectivity index (χ0v) is 12.0. The molecule has 0 saturated heterocycles. The third-order valence-electron chi connectivity index (χ3n) is 3.51. The van der Waals surface area contributed by atoms with Crippen molar-refractivity contribution in [1.29, 1.82) is 0 Å². The number of nitrogens with zero attached hydrogens (tertiary/aromatic N) is 2. The molecule has 0 aliphatic carbocycles. The van der Waals surface area contributed by atoms with Gasteiger partial charge < -0.3 is 5.32 Å². The Balaban J connectivity index is 2.41. The molecule has 0 fully saturated rings. The van der Waals surface area contributed by atoms with Gasteiger partial charge in [0.2, 0.25) is 0 Å². The lowest BCUT2D eigenvalue weighted by molar-refractivity contribution is 0.429. The van der Waals surface area contributed by atoms with E-state index in [2.05, 4.69) is 49.7 Å². The molecule has 17 heavy (non-hydrogen) atoms. The molecule has 1 aromatic rings. The van der Waals surface area contributed by atoms with E-state index in [0.29, 0.717) is 6.04 Å². The van der Waals surface area contributed by atoms with Gasteiger partial charge in [0.05, 0.1) is 5.69 Å². The molecule has 1 rings (SSSR count). The van der Waals surface area contributed by atoms with Crippen LogP contribution in [0.3, 0.4) is 0 Å². The Labute approximate surface area is 106 Å². The summed E-state index contributed by atoms with van der Waals surface area (Å²) in [5, 5.41) is 8.06. The molecule has 0 aromatic carbocycles. The Morgan fingerprint density at radius 3 is 2.47 bits per heavy atom. The van der Waals surface area contributed by atoms with Crippen molar-refractivity contribution < 1.29 is 0 Å². The van der Waals surface area contributed by atoms with Crippen LogP contribution in [0.1, 0.15) is 56.1 Å². The second-order valence-electron chi connectivity index (χ2n) is 4.98. The Morgan fingerprint density at radius 1 is 1.24 bits per heavy atom. The molecule has 0 radical (unpaired) electrons. The highest BCUT2D eigenvalue weighted by molar-refractivity contribution is 5.22. The average molecular weight is 237 g/mol. The number of rotatable bonds is 7. The number of nitrogens with one attached hydrogen (secondary N) is 1. The van der Waals surface area contributed by atoms with E-state index in [4.69, 9.17) is 0 Å². The van der Waals surface area contributed by atoms with Gasteiger partial charge in [0.15, 0.2) is 0 Å². The Kier molecular flexibility index (Phi) is 5.69. The molecule has 3 heteroatoms.